The maximum atomic E-state index is 12.5. The number of hydrogen-bond donors (Lipinski definition) is 1. The Balaban J connectivity index is 1.52. The van der Waals surface area contributed by atoms with Gasteiger partial charge >= 0.3 is 6.01 Å². The van der Waals surface area contributed by atoms with E-state index in [0.717, 1.165) is 0 Å². The first kappa shape index (κ1) is 20.6. The first-order valence-electron chi connectivity index (χ1n) is 9.35. The zero-order valence-electron chi connectivity index (χ0n) is 16.9. The third-order valence-electron chi connectivity index (χ3n) is 4.65. The van der Waals surface area contributed by atoms with Crippen LogP contribution in [-0.4, -0.2) is 36.9 Å². The van der Waals surface area contributed by atoms with Crippen molar-refractivity contribution in [2.45, 2.75) is 24.0 Å². The predicted octanol–water partition coefficient (Wildman–Crippen LogP) is 3.93. The van der Waals surface area contributed by atoms with E-state index in [9.17, 15) is 13.2 Å². The molecule has 0 fully saturated rings. The van der Waals surface area contributed by atoms with E-state index in [4.69, 9.17) is 13.6 Å². The van der Waals surface area contributed by atoms with Gasteiger partial charge in [0.05, 0.1) is 17.3 Å². The lowest BCUT2D eigenvalue weighted by Crippen LogP contribution is -2.13. The zero-order chi connectivity index (χ0) is 22.2. The summed E-state index contributed by atoms with van der Waals surface area (Å²) in [7, 11) is -1.86. The second kappa shape index (κ2) is 7.88. The molecule has 0 aliphatic heterocycles. The molecule has 0 spiro atoms. The van der Waals surface area contributed by atoms with Crippen molar-refractivity contribution in [1.29, 1.82) is 0 Å². The molecule has 1 amide bonds. The number of fused-ring (bicyclic) bond motifs is 1. The topological polar surface area (TPSA) is 125 Å². The minimum atomic E-state index is -3.38. The van der Waals surface area contributed by atoms with Crippen LogP contribution in [0.15, 0.2) is 62.3 Å². The molecule has 0 radical (unpaired) electrons. The van der Waals surface area contributed by atoms with Gasteiger partial charge in [-0.25, -0.2) is 8.42 Å². The number of nitrogens with zero attached hydrogens (tertiary/aromatic N) is 2. The standard InChI is InChI=1S/C21H19N3O6S/c1-12(2)31(26,27)15-9-7-13(8-10-15)20-23-24-21(30-20)22-19(25)17-11-14-5-4-6-16(28-3)18(14)29-17/h4-12H,1-3H3,(H,22,24,25). The highest BCUT2D eigenvalue weighted by atomic mass is 32.2. The third-order valence-corrected chi connectivity index (χ3v) is 6.82. The van der Waals surface area contributed by atoms with E-state index < -0.39 is 21.0 Å². The number of sulfone groups is 1. The van der Waals surface area contributed by atoms with Gasteiger partial charge in [0.25, 0.3) is 5.91 Å². The number of hydrogen-bond acceptors (Lipinski definition) is 8. The van der Waals surface area contributed by atoms with E-state index in [1.807, 2.05) is 0 Å². The van der Waals surface area contributed by atoms with Crippen molar-refractivity contribution in [3.8, 4) is 17.2 Å². The quantitative estimate of drug-likeness (QED) is 0.477. The van der Waals surface area contributed by atoms with Gasteiger partial charge in [-0.15, -0.1) is 5.10 Å². The summed E-state index contributed by atoms with van der Waals surface area (Å²) in [6, 6.07) is 12.9. The lowest BCUT2D eigenvalue weighted by atomic mass is 10.2. The van der Waals surface area contributed by atoms with Gasteiger partial charge in [-0.1, -0.05) is 17.2 Å². The van der Waals surface area contributed by atoms with E-state index in [1.54, 1.807) is 50.2 Å². The summed E-state index contributed by atoms with van der Waals surface area (Å²) in [5.41, 5.74) is 0.974. The Labute approximate surface area is 177 Å². The molecule has 0 bridgehead atoms. The molecule has 0 aliphatic carbocycles. The first-order valence-corrected chi connectivity index (χ1v) is 10.9. The number of aromatic nitrogens is 2. The van der Waals surface area contributed by atoms with Gasteiger partial charge in [0.15, 0.2) is 26.9 Å². The van der Waals surface area contributed by atoms with Crippen LogP contribution in [0, 0.1) is 0 Å². The number of furan rings is 1. The Morgan fingerprint density at radius 1 is 1.06 bits per heavy atom. The monoisotopic (exact) mass is 441 g/mol. The average molecular weight is 441 g/mol. The summed E-state index contributed by atoms with van der Waals surface area (Å²) in [5.74, 6) is 0.143. The van der Waals surface area contributed by atoms with Crippen LogP contribution in [0.1, 0.15) is 24.4 Å². The van der Waals surface area contributed by atoms with Crippen molar-refractivity contribution in [3.63, 3.8) is 0 Å². The Morgan fingerprint density at radius 2 is 1.81 bits per heavy atom. The molecule has 2 heterocycles. The van der Waals surface area contributed by atoms with Crippen LogP contribution in [0.25, 0.3) is 22.4 Å². The SMILES string of the molecule is COc1cccc2cc(C(=O)Nc3nnc(-c4ccc(S(=O)(=O)C(C)C)cc4)o3)oc12. The van der Waals surface area contributed by atoms with Crippen molar-refractivity contribution in [3.05, 3.63) is 54.3 Å². The van der Waals surface area contributed by atoms with E-state index >= 15 is 0 Å². The number of amides is 1. The van der Waals surface area contributed by atoms with Crippen LogP contribution in [0.2, 0.25) is 0 Å². The molecule has 10 heteroatoms. The molecule has 2 aromatic carbocycles. The van der Waals surface area contributed by atoms with Crippen molar-refractivity contribution < 1.29 is 26.8 Å². The molecule has 160 valence electrons. The second-order valence-electron chi connectivity index (χ2n) is 6.97. The summed E-state index contributed by atoms with van der Waals surface area (Å²) in [5, 5.41) is 10.4. The van der Waals surface area contributed by atoms with E-state index in [0.29, 0.717) is 22.3 Å². The fourth-order valence-electron chi connectivity index (χ4n) is 2.92. The highest BCUT2D eigenvalue weighted by Crippen LogP contribution is 2.29. The van der Waals surface area contributed by atoms with Crippen molar-refractivity contribution in [1.82, 2.24) is 10.2 Å². The van der Waals surface area contributed by atoms with Crippen LogP contribution in [0.4, 0.5) is 6.01 Å². The molecule has 9 nitrogen and oxygen atoms in total. The summed E-state index contributed by atoms with van der Waals surface area (Å²) < 4.78 is 40.8. The van der Waals surface area contributed by atoms with Gasteiger partial charge in [-0.05, 0) is 50.2 Å². The molecule has 0 atom stereocenters. The number of benzene rings is 2. The Morgan fingerprint density at radius 3 is 2.48 bits per heavy atom. The van der Waals surface area contributed by atoms with Gasteiger partial charge in [0.1, 0.15) is 0 Å². The minimum Gasteiger partial charge on any atom is -0.493 e. The maximum absolute atomic E-state index is 12.5. The van der Waals surface area contributed by atoms with E-state index in [-0.39, 0.29) is 22.6 Å². The molecule has 2 aromatic heterocycles. The van der Waals surface area contributed by atoms with Crippen LogP contribution in [0.5, 0.6) is 5.75 Å². The maximum Gasteiger partial charge on any atom is 0.322 e. The predicted molar refractivity (Wildman–Crippen MR) is 113 cm³/mol. The zero-order valence-corrected chi connectivity index (χ0v) is 17.8. The van der Waals surface area contributed by atoms with Gasteiger partial charge in [-0.3, -0.25) is 10.1 Å². The Hall–Kier alpha value is -3.66. The number of ether oxygens (including phenoxy) is 1. The highest BCUT2D eigenvalue weighted by molar-refractivity contribution is 7.92. The molecular weight excluding hydrogens is 422 g/mol. The molecule has 0 saturated heterocycles. The number of para-hydroxylation sites is 1. The summed E-state index contributed by atoms with van der Waals surface area (Å²) in [6.07, 6.45) is 0. The van der Waals surface area contributed by atoms with Gasteiger partial charge in [0.2, 0.25) is 5.89 Å². The number of methoxy groups -OCH3 is 1. The number of rotatable bonds is 6. The largest absolute Gasteiger partial charge is 0.493 e. The molecule has 0 aliphatic rings. The summed E-state index contributed by atoms with van der Waals surface area (Å²) >= 11 is 0. The fourth-order valence-corrected chi connectivity index (χ4v) is 3.98. The molecule has 31 heavy (non-hydrogen) atoms. The third kappa shape index (κ3) is 3.89. The number of anilines is 1. The number of carbonyl (C=O) groups is 1. The molecule has 0 unspecified atom stereocenters. The van der Waals surface area contributed by atoms with Crippen LogP contribution in [-0.2, 0) is 9.84 Å². The first-order chi connectivity index (χ1) is 14.8. The molecule has 0 saturated carbocycles. The van der Waals surface area contributed by atoms with Crippen molar-refractivity contribution >= 4 is 32.7 Å². The number of carbonyl (C=O) groups excluding carboxylic acids is 1. The van der Waals surface area contributed by atoms with Crippen LogP contribution < -0.4 is 10.1 Å². The van der Waals surface area contributed by atoms with E-state index in [1.165, 1.54) is 19.2 Å². The Bertz CT molecular complexity index is 1350. The molecular formula is C21H19N3O6S. The summed E-state index contributed by atoms with van der Waals surface area (Å²) in [6.45, 7) is 3.24. The molecule has 4 aromatic rings. The summed E-state index contributed by atoms with van der Waals surface area (Å²) in [4.78, 5) is 12.7. The normalized spacial score (nSPS) is 11.7. The highest BCUT2D eigenvalue weighted by Gasteiger charge is 2.20. The lowest BCUT2D eigenvalue weighted by molar-refractivity contribution is 0.0995. The fraction of sp³-hybridized carbons (Fsp3) is 0.190. The number of nitrogens with one attached hydrogen (secondary N) is 1. The average Bonchev–Trinajstić information content (AvgIpc) is 3.40. The smallest absolute Gasteiger partial charge is 0.322 e. The van der Waals surface area contributed by atoms with Crippen LogP contribution >= 0.6 is 0 Å². The van der Waals surface area contributed by atoms with Crippen molar-refractivity contribution in [2.24, 2.45) is 0 Å². The molecule has 4 rings (SSSR count). The second-order valence-corrected chi connectivity index (χ2v) is 9.48. The molecule has 1 N–H and O–H groups in total. The van der Waals surface area contributed by atoms with E-state index in [2.05, 4.69) is 15.5 Å². The van der Waals surface area contributed by atoms with Crippen molar-refractivity contribution in [2.75, 3.05) is 12.4 Å². The van der Waals surface area contributed by atoms with Gasteiger partial charge in [-0.2, -0.15) is 0 Å². The van der Waals surface area contributed by atoms with Gasteiger partial charge in [0, 0.05) is 10.9 Å². The lowest BCUT2D eigenvalue weighted by Gasteiger charge is -2.07. The minimum absolute atomic E-state index is 0.0579. The van der Waals surface area contributed by atoms with Crippen LogP contribution in [0.3, 0.4) is 0 Å². The Kier molecular flexibility index (Phi) is 5.24. The van der Waals surface area contributed by atoms with Gasteiger partial charge < -0.3 is 13.6 Å².